The van der Waals surface area contributed by atoms with Gasteiger partial charge in [-0.25, -0.2) is 9.97 Å². The highest BCUT2D eigenvalue weighted by molar-refractivity contribution is 7.80. The van der Waals surface area contributed by atoms with Crippen LogP contribution < -0.4 is 10.6 Å². The molecule has 0 spiro atoms. The topological polar surface area (TPSA) is 55.0 Å². The maximum atomic E-state index is 5.69. The van der Waals surface area contributed by atoms with Gasteiger partial charge in [0.05, 0.1) is 6.54 Å². The first-order chi connectivity index (χ1) is 8.72. The van der Waals surface area contributed by atoms with E-state index in [1.165, 1.54) is 4.88 Å². The first-order valence-electron chi connectivity index (χ1n) is 5.60. The lowest BCUT2D eigenvalue weighted by molar-refractivity contribution is 0.816. The molecule has 0 aliphatic heterocycles. The summed E-state index contributed by atoms with van der Waals surface area (Å²) >= 11 is 6.74. The Kier molecular flexibility index (Phi) is 4.22. The Balaban J connectivity index is 2.30. The predicted octanol–water partition coefficient (Wildman–Crippen LogP) is 2.20. The van der Waals surface area contributed by atoms with Gasteiger partial charge in [-0.1, -0.05) is 18.3 Å². The second-order valence-electron chi connectivity index (χ2n) is 3.69. The summed E-state index contributed by atoms with van der Waals surface area (Å²) in [6, 6.07) is 4.14. The minimum absolute atomic E-state index is 0.280. The molecule has 0 radical (unpaired) electrons. The van der Waals surface area contributed by atoms with Gasteiger partial charge in [0.15, 0.2) is 5.82 Å². The normalized spacial score (nSPS) is 10.3. The molecule has 2 aromatic rings. The van der Waals surface area contributed by atoms with Crippen molar-refractivity contribution in [1.29, 1.82) is 0 Å². The van der Waals surface area contributed by atoms with E-state index < -0.39 is 0 Å². The standard InChI is InChI=1S/C12H14N4S2/c1-2-16(8-9-4-3-7-18-9)12-10(11(13)17)14-5-6-15-12/h3-7H,2,8H2,1H3,(H2,13,17). The van der Waals surface area contributed by atoms with Crippen molar-refractivity contribution in [2.75, 3.05) is 11.4 Å². The van der Waals surface area contributed by atoms with Gasteiger partial charge in [-0.2, -0.15) is 0 Å². The molecule has 0 aromatic carbocycles. The highest BCUT2D eigenvalue weighted by Crippen LogP contribution is 2.19. The van der Waals surface area contributed by atoms with E-state index in [0.29, 0.717) is 5.69 Å². The Bertz CT molecular complexity index is 525. The third kappa shape index (κ3) is 2.83. The fourth-order valence-electron chi connectivity index (χ4n) is 1.66. The predicted molar refractivity (Wildman–Crippen MR) is 79.0 cm³/mol. The van der Waals surface area contributed by atoms with Gasteiger partial charge in [-0.3, -0.25) is 0 Å². The number of aromatic nitrogens is 2. The molecular weight excluding hydrogens is 264 g/mol. The fraction of sp³-hybridized carbons (Fsp3) is 0.250. The lowest BCUT2D eigenvalue weighted by Crippen LogP contribution is -2.27. The summed E-state index contributed by atoms with van der Waals surface area (Å²) in [6.07, 6.45) is 3.27. The third-order valence-electron chi connectivity index (χ3n) is 2.52. The van der Waals surface area contributed by atoms with Crippen LogP contribution in [0.4, 0.5) is 5.82 Å². The van der Waals surface area contributed by atoms with Gasteiger partial charge in [-0.15, -0.1) is 11.3 Å². The molecule has 4 nitrogen and oxygen atoms in total. The number of nitrogens with two attached hydrogens (primary N) is 1. The number of anilines is 1. The molecule has 0 atom stereocenters. The highest BCUT2D eigenvalue weighted by atomic mass is 32.1. The van der Waals surface area contributed by atoms with Gasteiger partial charge >= 0.3 is 0 Å². The van der Waals surface area contributed by atoms with Gasteiger partial charge in [0, 0.05) is 23.8 Å². The van der Waals surface area contributed by atoms with Crippen molar-refractivity contribution in [3.8, 4) is 0 Å². The van der Waals surface area contributed by atoms with Gasteiger partial charge in [0.1, 0.15) is 10.7 Å². The average molecular weight is 278 g/mol. The molecule has 0 bridgehead atoms. The molecule has 2 N–H and O–H groups in total. The van der Waals surface area contributed by atoms with Crippen molar-refractivity contribution < 1.29 is 0 Å². The Labute approximate surface area is 115 Å². The van der Waals surface area contributed by atoms with E-state index >= 15 is 0 Å². The summed E-state index contributed by atoms with van der Waals surface area (Å²) in [7, 11) is 0. The molecule has 0 saturated heterocycles. The SMILES string of the molecule is CCN(Cc1cccs1)c1nccnc1C(N)=S. The number of hydrogen-bond donors (Lipinski definition) is 1. The fourth-order valence-corrected chi connectivity index (χ4v) is 2.53. The van der Waals surface area contributed by atoms with Crippen LogP contribution in [0.1, 0.15) is 17.5 Å². The van der Waals surface area contributed by atoms with Crippen molar-refractivity contribution in [2.24, 2.45) is 5.73 Å². The van der Waals surface area contributed by atoms with Gasteiger partial charge in [0.2, 0.25) is 0 Å². The summed E-state index contributed by atoms with van der Waals surface area (Å²) in [5.74, 6) is 0.751. The third-order valence-corrected chi connectivity index (χ3v) is 3.57. The molecule has 0 unspecified atom stereocenters. The van der Waals surface area contributed by atoms with Gasteiger partial charge < -0.3 is 10.6 Å². The number of nitrogens with zero attached hydrogens (tertiary/aromatic N) is 3. The van der Waals surface area contributed by atoms with Crippen molar-refractivity contribution in [3.63, 3.8) is 0 Å². The van der Waals surface area contributed by atoms with Crippen LogP contribution in [0.5, 0.6) is 0 Å². The van der Waals surface area contributed by atoms with E-state index in [1.807, 2.05) is 6.07 Å². The second-order valence-corrected chi connectivity index (χ2v) is 5.16. The van der Waals surface area contributed by atoms with E-state index in [0.717, 1.165) is 18.9 Å². The number of thiophene rings is 1. The molecule has 2 aromatic heterocycles. The Morgan fingerprint density at radius 2 is 2.22 bits per heavy atom. The summed E-state index contributed by atoms with van der Waals surface area (Å²) in [5, 5.41) is 2.06. The number of hydrogen-bond acceptors (Lipinski definition) is 5. The van der Waals surface area contributed by atoms with E-state index in [4.69, 9.17) is 18.0 Å². The molecule has 2 rings (SSSR count). The van der Waals surface area contributed by atoms with Crippen LogP contribution in [-0.2, 0) is 6.54 Å². The molecule has 94 valence electrons. The number of rotatable bonds is 5. The van der Waals surface area contributed by atoms with Crippen LogP contribution in [0.25, 0.3) is 0 Å². The largest absolute Gasteiger partial charge is 0.388 e. The molecule has 18 heavy (non-hydrogen) atoms. The van der Waals surface area contributed by atoms with E-state index in [9.17, 15) is 0 Å². The molecule has 0 saturated carbocycles. The Morgan fingerprint density at radius 3 is 2.83 bits per heavy atom. The quantitative estimate of drug-likeness (QED) is 0.850. The minimum atomic E-state index is 0.280. The first-order valence-corrected chi connectivity index (χ1v) is 6.89. The summed E-state index contributed by atoms with van der Waals surface area (Å²) in [6.45, 7) is 3.69. The zero-order valence-electron chi connectivity index (χ0n) is 10.0. The van der Waals surface area contributed by atoms with E-state index in [2.05, 4.69) is 33.2 Å². The summed E-state index contributed by atoms with van der Waals surface area (Å²) < 4.78 is 0. The molecule has 0 fully saturated rings. The zero-order valence-corrected chi connectivity index (χ0v) is 11.7. The van der Waals surface area contributed by atoms with Gasteiger partial charge in [-0.05, 0) is 18.4 Å². The highest BCUT2D eigenvalue weighted by Gasteiger charge is 2.14. The first kappa shape index (κ1) is 12.9. The second kappa shape index (κ2) is 5.88. The van der Waals surface area contributed by atoms with Crippen molar-refractivity contribution in [1.82, 2.24) is 9.97 Å². The van der Waals surface area contributed by atoms with Crippen molar-refractivity contribution >= 4 is 34.4 Å². The Morgan fingerprint density at radius 1 is 1.44 bits per heavy atom. The van der Waals surface area contributed by atoms with Crippen LogP contribution in [0, 0.1) is 0 Å². The van der Waals surface area contributed by atoms with Crippen molar-refractivity contribution in [3.05, 3.63) is 40.5 Å². The van der Waals surface area contributed by atoms with Crippen LogP contribution in [0.3, 0.4) is 0 Å². The maximum Gasteiger partial charge on any atom is 0.157 e. The Hall–Kier alpha value is -1.53. The van der Waals surface area contributed by atoms with Gasteiger partial charge in [0.25, 0.3) is 0 Å². The van der Waals surface area contributed by atoms with Crippen LogP contribution in [-0.4, -0.2) is 21.5 Å². The molecular formula is C12H14N4S2. The molecule has 2 heterocycles. The van der Waals surface area contributed by atoms with E-state index in [1.54, 1.807) is 23.7 Å². The summed E-state index contributed by atoms with van der Waals surface area (Å²) in [5.41, 5.74) is 6.27. The number of thiocarbonyl (C=S) groups is 1. The zero-order chi connectivity index (χ0) is 13.0. The molecule has 6 heteroatoms. The van der Waals surface area contributed by atoms with Crippen molar-refractivity contribution in [2.45, 2.75) is 13.5 Å². The van der Waals surface area contributed by atoms with Crippen LogP contribution in [0.2, 0.25) is 0 Å². The molecule has 0 aliphatic carbocycles. The lowest BCUT2D eigenvalue weighted by Gasteiger charge is -2.22. The van der Waals surface area contributed by atoms with Crippen LogP contribution in [0.15, 0.2) is 29.9 Å². The molecule has 0 aliphatic rings. The summed E-state index contributed by atoms with van der Waals surface area (Å²) in [4.78, 5) is 12.2. The van der Waals surface area contributed by atoms with Crippen LogP contribution >= 0.6 is 23.6 Å². The minimum Gasteiger partial charge on any atom is -0.388 e. The molecule has 0 amide bonds. The van der Waals surface area contributed by atoms with E-state index in [-0.39, 0.29) is 4.99 Å². The lowest BCUT2D eigenvalue weighted by atomic mass is 10.3. The average Bonchev–Trinajstić information content (AvgIpc) is 2.88. The monoisotopic (exact) mass is 278 g/mol. The maximum absolute atomic E-state index is 5.69. The smallest absolute Gasteiger partial charge is 0.157 e.